The van der Waals surface area contributed by atoms with Gasteiger partial charge in [0.15, 0.2) is 0 Å². The molecule has 37 heavy (non-hydrogen) atoms. The maximum Gasteiger partial charge on any atom is 0.269 e. The van der Waals surface area contributed by atoms with Crippen LogP contribution in [0.1, 0.15) is 35.1 Å². The molecule has 4 aliphatic rings. The minimum atomic E-state index is -0.590. The molecule has 8 rings (SSSR count). The molecule has 2 bridgehead atoms. The Kier molecular flexibility index (Phi) is 4.37. The number of carbonyl (C=O) groups excluding carboxylic acids is 2. The predicted molar refractivity (Wildman–Crippen MR) is 139 cm³/mol. The number of hydrogen-bond donors (Lipinski definition) is 0. The van der Waals surface area contributed by atoms with E-state index in [2.05, 4.69) is 31.2 Å². The molecule has 0 spiro atoms. The SMILES string of the molecule is CC12c3ccccc3C(c3ccccc31)[C@H]1C(=O)N(c3ccc(-c4ccc([N+](=O)[O-])cc4)cc3)C(=O)[C@@H]12. The molecule has 0 saturated carbocycles. The molecule has 4 aromatic rings. The van der Waals surface area contributed by atoms with Crippen molar-refractivity contribution in [2.75, 3.05) is 4.90 Å². The first kappa shape index (κ1) is 21.7. The molecule has 2 atom stereocenters. The van der Waals surface area contributed by atoms with Gasteiger partial charge in [-0.1, -0.05) is 67.6 Å². The Balaban J connectivity index is 1.30. The van der Waals surface area contributed by atoms with Crippen LogP contribution < -0.4 is 4.90 Å². The normalized spacial score (nSPS) is 25.0. The molecule has 6 nitrogen and oxygen atoms in total. The molecule has 3 aliphatic carbocycles. The van der Waals surface area contributed by atoms with Crippen molar-refractivity contribution in [1.29, 1.82) is 0 Å². The van der Waals surface area contributed by atoms with E-state index in [-0.39, 0.29) is 23.4 Å². The predicted octanol–water partition coefficient (Wildman–Crippen LogP) is 5.83. The highest BCUT2D eigenvalue weighted by Crippen LogP contribution is 2.64. The van der Waals surface area contributed by atoms with Crippen LogP contribution in [0.4, 0.5) is 11.4 Å². The monoisotopic (exact) mass is 486 g/mol. The Morgan fingerprint density at radius 2 is 1.24 bits per heavy atom. The zero-order valence-electron chi connectivity index (χ0n) is 20.0. The molecule has 4 aromatic carbocycles. The second-order valence-electron chi connectivity index (χ2n) is 10.2. The summed E-state index contributed by atoms with van der Waals surface area (Å²) in [6.07, 6.45) is 0. The number of amides is 2. The topological polar surface area (TPSA) is 80.5 Å². The minimum Gasteiger partial charge on any atom is -0.274 e. The number of imide groups is 1. The van der Waals surface area contributed by atoms with Crippen LogP contribution in [0.25, 0.3) is 11.1 Å². The molecule has 0 N–H and O–H groups in total. The maximum absolute atomic E-state index is 14.1. The number of rotatable bonds is 3. The van der Waals surface area contributed by atoms with E-state index < -0.39 is 22.2 Å². The molecule has 2 amide bonds. The summed E-state index contributed by atoms with van der Waals surface area (Å²) < 4.78 is 0. The Labute approximate surface area is 213 Å². The van der Waals surface area contributed by atoms with Crippen molar-refractivity contribution in [2.45, 2.75) is 18.3 Å². The van der Waals surface area contributed by atoms with Gasteiger partial charge in [-0.15, -0.1) is 0 Å². The number of nitrogens with zero attached hydrogens (tertiary/aromatic N) is 2. The fourth-order valence-electron chi connectivity index (χ4n) is 6.98. The van der Waals surface area contributed by atoms with Crippen molar-refractivity contribution >= 4 is 23.2 Å². The molecule has 0 unspecified atom stereocenters. The molecule has 180 valence electrons. The quantitative estimate of drug-likeness (QED) is 0.207. The summed E-state index contributed by atoms with van der Waals surface area (Å²) in [5.74, 6) is -1.38. The molecule has 1 aliphatic heterocycles. The molecule has 0 aromatic heterocycles. The number of nitro benzene ring substituents is 1. The summed E-state index contributed by atoms with van der Waals surface area (Å²) in [5.41, 5.74) is 6.21. The molecular formula is C31H22N2O4. The number of anilines is 1. The van der Waals surface area contributed by atoms with Crippen molar-refractivity contribution in [3.05, 3.63) is 129 Å². The van der Waals surface area contributed by atoms with Crippen molar-refractivity contribution < 1.29 is 14.5 Å². The van der Waals surface area contributed by atoms with E-state index in [4.69, 9.17) is 0 Å². The lowest BCUT2D eigenvalue weighted by atomic mass is 9.48. The maximum atomic E-state index is 14.1. The van der Waals surface area contributed by atoms with E-state index in [1.54, 1.807) is 24.3 Å². The molecule has 1 heterocycles. The van der Waals surface area contributed by atoms with Crippen LogP contribution in [0.5, 0.6) is 0 Å². The Morgan fingerprint density at radius 1 is 0.730 bits per heavy atom. The third kappa shape index (κ3) is 2.75. The van der Waals surface area contributed by atoms with Crippen molar-refractivity contribution in [1.82, 2.24) is 0 Å². The first-order valence-corrected chi connectivity index (χ1v) is 12.3. The fourth-order valence-corrected chi connectivity index (χ4v) is 6.98. The lowest BCUT2D eigenvalue weighted by Crippen LogP contribution is -2.51. The summed E-state index contributed by atoms with van der Waals surface area (Å²) >= 11 is 0. The number of carbonyl (C=O) groups is 2. The highest BCUT2D eigenvalue weighted by atomic mass is 16.6. The lowest BCUT2D eigenvalue weighted by molar-refractivity contribution is -0.384. The van der Waals surface area contributed by atoms with Gasteiger partial charge < -0.3 is 0 Å². The van der Waals surface area contributed by atoms with Gasteiger partial charge in [-0.2, -0.15) is 0 Å². The number of non-ortho nitro benzene ring substituents is 1. The van der Waals surface area contributed by atoms with Crippen molar-refractivity contribution in [3.63, 3.8) is 0 Å². The highest BCUT2D eigenvalue weighted by molar-refractivity contribution is 6.23. The van der Waals surface area contributed by atoms with Crippen molar-refractivity contribution in [2.24, 2.45) is 11.8 Å². The number of nitro groups is 1. The van der Waals surface area contributed by atoms with Gasteiger partial charge in [0, 0.05) is 23.5 Å². The second-order valence-corrected chi connectivity index (χ2v) is 10.2. The minimum absolute atomic E-state index is 0.0290. The van der Waals surface area contributed by atoms with Crippen LogP contribution >= 0.6 is 0 Å². The third-order valence-corrected chi connectivity index (χ3v) is 8.58. The molecular weight excluding hydrogens is 464 g/mol. The Bertz CT molecular complexity index is 1580. The van der Waals surface area contributed by atoms with Gasteiger partial charge in [-0.05, 0) is 57.6 Å². The van der Waals surface area contributed by atoms with E-state index in [1.165, 1.54) is 17.0 Å². The van der Waals surface area contributed by atoms with E-state index in [0.29, 0.717) is 5.69 Å². The molecule has 1 saturated heterocycles. The zero-order valence-corrected chi connectivity index (χ0v) is 20.0. The van der Waals surface area contributed by atoms with Crippen LogP contribution in [0, 0.1) is 22.0 Å². The zero-order chi connectivity index (χ0) is 25.5. The smallest absolute Gasteiger partial charge is 0.269 e. The summed E-state index contributed by atoms with van der Waals surface area (Å²) in [4.78, 5) is 40.0. The highest BCUT2D eigenvalue weighted by Gasteiger charge is 2.66. The van der Waals surface area contributed by atoms with Crippen molar-refractivity contribution in [3.8, 4) is 11.1 Å². The van der Waals surface area contributed by atoms with E-state index in [1.807, 2.05) is 36.4 Å². The summed E-state index contributed by atoms with van der Waals surface area (Å²) in [6.45, 7) is 2.12. The first-order chi connectivity index (χ1) is 17.9. The van der Waals surface area contributed by atoms with E-state index >= 15 is 0 Å². The average molecular weight is 487 g/mol. The van der Waals surface area contributed by atoms with Crippen LogP contribution in [0.3, 0.4) is 0 Å². The molecule has 0 radical (unpaired) electrons. The van der Waals surface area contributed by atoms with Gasteiger partial charge in [-0.25, -0.2) is 4.90 Å². The van der Waals surface area contributed by atoms with Gasteiger partial charge >= 0.3 is 0 Å². The van der Waals surface area contributed by atoms with Crippen LogP contribution in [0.2, 0.25) is 0 Å². The summed E-state index contributed by atoms with van der Waals surface area (Å²) in [5, 5.41) is 11.0. The van der Waals surface area contributed by atoms with Gasteiger partial charge in [0.1, 0.15) is 0 Å². The summed E-state index contributed by atoms with van der Waals surface area (Å²) in [7, 11) is 0. The fraction of sp³-hybridized carbons (Fsp3) is 0.161. The first-order valence-electron chi connectivity index (χ1n) is 12.3. The standard InChI is InChI=1S/C31H22N2O4/c1-31-24-8-4-2-6-22(24)26(23-7-3-5-9-25(23)31)27-28(31)30(35)32(29(27)34)20-14-10-18(11-15-20)19-12-16-21(17-13-19)33(36)37/h2-17,26-28H,1H3/t26?,27-,28-,31?/m1/s1. The van der Waals surface area contributed by atoms with Crippen LogP contribution in [-0.4, -0.2) is 16.7 Å². The molecule has 1 fully saturated rings. The van der Waals surface area contributed by atoms with Crippen LogP contribution in [-0.2, 0) is 15.0 Å². The Hall–Kier alpha value is -4.58. The number of hydrogen-bond acceptors (Lipinski definition) is 4. The number of benzene rings is 4. The van der Waals surface area contributed by atoms with Gasteiger partial charge in [0.05, 0.1) is 22.4 Å². The summed E-state index contributed by atoms with van der Waals surface area (Å²) in [6, 6.07) is 30.0. The Morgan fingerprint density at radius 3 is 1.78 bits per heavy atom. The largest absolute Gasteiger partial charge is 0.274 e. The van der Waals surface area contributed by atoms with E-state index in [9.17, 15) is 19.7 Å². The average Bonchev–Trinajstić information content (AvgIpc) is 3.20. The lowest BCUT2D eigenvalue weighted by Gasteiger charge is -2.52. The molecule has 6 heteroatoms. The van der Waals surface area contributed by atoms with Gasteiger partial charge in [0.25, 0.3) is 5.69 Å². The third-order valence-electron chi connectivity index (χ3n) is 8.58. The van der Waals surface area contributed by atoms with Gasteiger partial charge in [-0.3, -0.25) is 19.7 Å². The van der Waals surface area contributed by atoms with Gasteiger partial charge in [0.2, 0.25) is 11.8 Å². The van der Waals surface area contributed by atoms with Crippen LogP contribution in [0.15, 0.2) is 97.1 Å². The van der Waals surface area contributed by atoms with E-state index in [0.717, 1.165) is 33.4 Å². The second kappa shape index (κ2) is 7.46.